The summed E-state index contributed by atoms with van der Waals surface area (Å²) < 4.78 is 26.0. The summed E-state index contributed by atoms with van der Waals surface area (Å²) in [6, 6.07) is 15.5. The van der Waals surface area contributed by atoms with Crippen molar-refractivity contribution in [2.75, 3.05) is 0 Å². The number of benzene rings is 2. The number of aromatic nitrogens is 1. The van der Waals surface area contributed by atoms with Gasteiger partial charge in [0.05, 0.1) is 12.1 Å². The first-order chi connectivity index (χ1) is 12.1. The molecule has 3 nitrogen and oxygen atoms in total. The van der Waals surface area contributed by atoms with Crippen LogP contribution in [0, 0.1) is 11.6 Å². The minimum atomic E-state index is -0.330. The Morgan fingerprint density at radius 3 is 2.24 bits per heavy atom. The molecule has 2 aromatic carbocycles. The number of halogens is 2. The van der Waals surface area contributed by atoms with Crippen LogP contribution in [0.3, 0.4) is 0 Å². The van der Waals surface area contributed by atoms with Gasteiger partial charge in [0.25, 0.3) is 0 Å². The van der Waals surface area contributed by atoms with Crippen molar-refractivity contribution in [2.45, 2.75) is 13.0 Å². The van der Waals surface area contributed by atoms with E-state index in [4.69, 9.17) is 0 Å². The van der Waals surface area contributed by atoms with Gasteiger partial charge >= 0.3 is 0 Å². The molecule has 0 aliphatic carbocycles. The van der Waals surface area contributed by atoms with E-state index in [1.54, 1.807) is 36.5 Å². The maximum Gasteiger partial charge on any atom is 0.224 e. The number of hydrogen-bond donors (Lipinski definition) is 1. The number of carbonyl (C=O) groups excluding carboxylic acids is 1. The van der Waals surface area contributed by atoms with Gasteiger partial charge in [0.15, 0.2) is 0 Å². The number of hydrogen-bond acceptors (Lipinski definition) is 2. The SMILES string of the molecule is O=C(Cc1ccc(F)cc1)NCc1cccnc1-c1ccc(F)cc1. The Labute approximate surface area is 144 Å². The number of pyridine rings is 1. The Morgan fingerprint density at radius 1 is 0.920 bits per heavy atom. The van der Waals surface area contributed by atoms with Crippen molar-refractivity contribution in [1.82, 2.24) is 10.3 Å². The summed E-state index contributed by atoms with van der Waals surface area (Å²) in [5.74, 6) is -0.808. The molecule has 0 aliphatic rings. The van der Waals surface area contributed by atoms with Crippen LogP contribution in [0.5, 0.6) is 0 Å². The largest absolute Gasteiger partial charge is 0.352 e. The van der Waals surface area contributed by atoms with Gasteiger partial charge in [-0.25, -0.2) is 8.78 Å². The first-order valence-corrected chi connectivity index (χ1v) is 7.83. The summed E-state index contributed by atoms with van der Waals surface area (Å²) in [7, 11) is 0. The molecule has 5 heteroatoms. The lowest BCUT2D eigenvalue weighted by molar-refractivity contribution is -0.120. The van der Waals surface area contributed by atoms with Gasteiger partial charge in [0, 0.05) is 18.3 Å². The van der Waals surface area contributed by atoms with E-state index in [9.17, 15) is 13.6 Å². The van der Waals surface area contributed by atoms with Gasteiger partial charge in [0.2, 0.25) is 5.91 Å². The highest BCUT2D eigenvalue weighted by Crippen LogP contribution is 2.21. The number of rotatable bonds is 5. The number of nitrogens with one attached hydrogen (secondary N) is 1. The second kappa shape index (κ2) is 7.66. The van der Waals surface area contributed by atoms with Crippen molar-refractivity contribution in [3.63, 3.8) is 0 Å². The monoisotopic (exact) mass is 338 g/mol. The third-order valence-corrected chi connectivity index (χ3v) is 3.76. The lowest BCUT2D eigenvalue weighted by Gasteiger charge is -2.10. The molecule has 1 N–H and O–H groups in total. The quantitative estimate of drug-likeness (QED) is 0.767. The normalized spacial score (nSPS) is 10.5. The summed E-state index contributed by atoms with van der Waals surface area (Å²) in [5.41, 5.74) is 3.06. The second-order valence-electron chi connectivity index (χ2n) is 5.60. The van der Waals surface area contributed by atoms with Gasteiger partial charge < -0.3 is 5.32 Å². The fourth-order valence-corrected chi connectivity index (χ4v) is 2.49. The first-order valence-electron chi connectivity index (χ1n) is 7.83. The molecule has 0 fully saturated rings. The van der Waals surface area contributed by atoms with Crippen molar-refractivity contribution in [3.8, 4) is 11.3 Å². The van der Waals surface area contributed by atoms with E-state index in [2.05, 4.69) is 10.3 Å². The highest BCUT2D eigenvalue weighted by Gasteiger charge is 2.09. The van der Waals surface area contributed by atoms with Gasteiger partial charge in [-0.15, -0.1) is 0 Å². The van der Waals surface area contributed by atoms with E-state index < -0.39 is 0 Å². The summed E-state index contributed by atoms with van der Waals surface area (Å²) in [5, 5.41) is 2.84. The van der Waals surface area contributed by atoms with E-state index in [1.807, 2.05) is 6.07 Å². The van der Waals surface area contributed by atoms with Crippen LogP contribution in [0.1, 0.15) is 11.1 Å². The van der Waals surface area contributed by atoms with Crippen LogP contribution in [-0.4, -0.2) is 10.9 Å². The molecule has 0 bridgehead atoms. The Hall–Kier alpha value is -3.08. The van der Waals surface area contributed by atoms with Gasteiger partial charge in [-0.2, -0.15) is 0 Å². The minimum absolute atomic E-state index is 0.166. The molecule has 0 saturated heterocycles. The molecule has 25 heavy (non-hydrogen) atoms. The van der Waals surface area contributed by atoms with Crippen LogP contribution in [-0.2, 0) is 17.8 Å². The molecule has 1 aromatic heterocycles. The third kappa shape index (κ3) is 4.47. The molecule has 126 valence electrons. The van der Waals surface area contributed by atoms with Gasteiger partial charge in [-0.3, -0.25) is 9.78 Å². The van der Waals surface area contributed by atoms with Crippen molar-refractivity contribution in [1.29, 1.82) is 0 Å². The van der Waals surface area contributed by atoms with Crippen LogP contribution < -0.4 is 5.32 Å². The van der Waals surface area contributed by atoms with Crippen LogP contribution in [0.25, 0.3) is 11.3 Å². The molecule has 0 unspecified atom stereocenters. The van der Waals surface area contributed by atoms with E-state index in [0.717, 1.165) is 16.7 Å². The van der Waals surface area contributed by atoms with Crippen LogP contribution in [0.2, 0.25) is 0 Å². The maximum absolute atomic E-state index is 13.1. The summed E-state index contributed by atoms with van der Waals surface area (Å²) in [6.45, 7) is 0.306. The molecule has 0 atom stereocenters. The predicted octanol–water partition coefficient (Wildman–Crippen LogP) is 3.89. The predicted molar refractivity (Wildman–Crippen MR) is 91.6 cm³/mol. The van der Waals surface area contributed by atoms with E-state index in [-0.39, 0.29) is 24.0 Å². The molecular formula is C20H16F2N2O. The van der Waals surface area contributed by atoms with Gasteiger partial charge in [-0.05, 0) is 53.6 Å². The first kappa shape index (κ1) is 16.8. The highest BCUT2D eigenvalue weighted by atomic mass is 19.1. The molecule has 1 heterocycles. The molecule has 0 saturated carbocycles. The van der Waals surface area contributed by atoms with Crippen LogP contribution in [0.15, 0.2) is 66.9 Å². The van der Waals surface area contributed by atoms with Crippen molar-refractivity contribution in [2.24, 2.45) is 0 Å². The summed E-state index contributed by atoms with van der Waals surface area (Å²) in [4.78, 5) is 16.4. The number of amides is 1. The third-order valence-electron chi connectivity index (χ3n) is 3.76. The topological polar surface area (TPSA) is 42.0 Å². The van der Waals surface area contributed by atoms with Crippen molar-refractivity contribution in [3.05, 3.63) is 89.6 Å². The lowest BCUT2D eigenvalue weighted by Crippen LogP contribution is -2.25. The fraction of sp³-hybridized carbons (Fsp3) is 0.100. The molecular weight excluding hydrogens is 322 g/mol. The van der Waals surface area contributed by atoms with E-state index >= 15 is 0 Å². The highest BCUT2D eigenvalue weighted by molar-refractivity contribution is 5.78. The van der Waals surface area contributed by atoms with E-state index in [1.165, 1.54) is 24.3 Å². The maximum atomic E-state index is 13.1. The standard InChI is InChI=1S/C20H16F2N2O/c21-17-7-3-14(4-8-17)12-19(25)24-13-16-2-1-11-23-20(16)15-5-9-18(22)10-6-15/h1-11H,12-13H2,(H,24,25). The van der Waals surface area contributed by atoms with Crippen LogP contribution in [0.4, 0.5) is 8.78 Å². The molecule has 3 aromatic rings. The molecule has 0 aliphatic heterocycles. The Morgan fingerprint density at radius 2 is 1.56 bits per heavy atom. The second-order valence-corrected chi connectivity index (χ2v) is 5.60. The summed E-state index contributed by atoms with van der Waals surface area (Å²) >= 11 is 0. The molecule has 3 rings (SSSR count). The zero-order chi connectivity index (χ0) is 17.6. The molecule has 0 radical (unpaired) electrons. The Balaban J connectivity index is 1.68. The average molecular weight is 338 g/mol. The zero-order valence-electron chi connectivity index (χ0n) is 13.4. The smallest absolute Gasteiger partial charge is 0.224 e. The number of nitrogens with zero attached hydrogens (tertiary/aromatic N) is 1. The Kier molecular flexibility index (Phi) is 5.14. The zero-order valence-corrected chi connectivity index (χ0v) is 13.4. The number of carbonyl (C=O) groups is 1. The minimum Gasteiger partial charge on any atom is -0.352 e. The van der Waals surface area contributed by atoms with Crippen molar-refractivity contribution < 1.29 is 13.6 Å². The van der Waals surface area contributed by atoms with E-state index in [0.29, 0.717) is 12.2 Å². The van der Waals surface area contributed by atoms with Gasteiger partial charge in [0.1, 0.15) is 11.6 Å². The molecule has 1 amide bonds. The lowest BCUT2D eigenvalue weighted by atomic mass is 10.1. The van der Waals surface area contributed by atoms with Crippen molar-refractivity contribution >= 4 is 5.91 Å². The van der Waals surface area contributed by atoms with Gasteiger partial charge in [-0.1, -0.05) is 18.2 Å². The van der Waals surface area contributed by atoms with Crippen LogP contribution >= 0.6 is 0 Å². The fourth-order valence-electron chi connectivity index (χ4n) is 2.49. The average Bonchev–Trinajstić information content (AvgIpc) is 2.63. The molecule has 0 spiro atoms. The Bertz CT molecular complexity index is 862. The summed E-state index contributed by atoms with van der Waals surface area (Å²) in [6.07, 6.45) is 1.83.